The molecule has 0 rings (SSSR count). The van der Waals surface area contributed by atoms with E-state index < -0.39 is 0 Å². The minimum atomic E-state index is -0.0879. The maximum atomic E-state index is 5.21. The molecule has 64 valence electrons. The summed E-state index contributed by atoms with van der Waals surface area (Å²) in [6.45, 7) is 7.49. The van der Waals surface area contributed by atoms with Gasteiger partial charge in [-0.15, -0.1) is 5.92 Å². The fraction of sp³-hybridized carbons (Fsp3) is 0.778. The van der Waals surface area contributed by atoms with Crippen LogP contribution in [0.2, 0.25) is 0 Å². The lowest BCUT2D eigenvalue weighted by atomic mass is 10.1. The van der Waals surface area contributed by atoms with Crippen LogP contribution in [0, 0.1) is 11.8 Å². The van der Waals surface area contributed by atoms with Gasteiger partial charge in [0.25, 0.3) is 0 Å². The molecule has 0 spiro atoms. The largest absolute Gasteiger partial charge is 0.377 e. The first-order valence-corrected chi connectivity index (χ1v) is 3.78. The highest BCUT2D eigenvalue weighted by atomic mass is 16.5. The number of rotatable bonds is 4. The predicted octanol–water partition coefficient (Wildman–Crippen LogP) is 1.02. The Balaban J connectivity index is 3.42. The van der Waals surface area contributed by atoms with E-state index in [1.165, 1.54) is 0 Å². The second kappa shape index (κ2) is 5.17. The molecule has 0 saturated heterocycles. The van der Waals surface area contributed by atoms with Gasteiger partial charge in [-0.05, 0) is 20.8 Å². The van der Waals surface area contributed by atoms with Crippen LogP contribution in [-0.4, -0.2) is 25.8 Å². The first-order valence-electron chi connectivity index (χ1n) is 3.78. The van der Waals surface area contributed by atoms with E-state index in [2.05, 4.69) is 17.2 Å². The summed E-state index contributed by atoms with van der Waals surface area (Å²) in [5, 5.41) is 3.18. The molecule has 2 heteroatoms. The van der Waals surface area contributed by atoms with E-state index in [-0.39, 0.29) is 5.60 Å². The van der Waals surface area contributed by atoms with Gasteiger partial charge in [-0.25, -0.2) is 0 Å². The van der Waals surface area contributed by atoms with Crippen molar-refractivity contribution in [2.24, 2.45) is 0 Å². The van der Waals surface area contributed by atoms with Crippen molar-refractivity contribution >= 4 is 0 Å². The van der Waals surface area contributed by atoms with Gasteiger partial charge in [0, 0.05) is 13.7 Å². The summed E-state index contributed by atoms with van der Waals surface area (Å²) >= 11 is 0. The topological polar surface area (TPSA) is 21.3 Å². The maximum absolute atomic E-state index is 5.21. The van der Waals surface area contributed by atoms with Crippen LogP contribution in [0.15, 0.2) is 0 Å². The van der Waals surface area contributed by atoms with E-state index in [4.69, 9.17) is 4.74 Å². The molecule has 0 amide bonds. The summed E-state index contributed by atoms with van der Waals surface area (Å²) < 4.78 is 5.21. The van der Waals surface area contributed by atoms with Gasteiger partial charge in [0.15, 0.2) is 0 Å². The molecule has 11 heavy (non-hydrogen) atoms. The summed E-state index contributed by atoms with van der Waals surface area (Å²) in [5.74, 6) is 5.75. The molecule has 0 aliphatic rings. The van der Waals surface area contributed by atoms with Gasteiger partial charge >= 0.3 is 0 Å². The minimum Gasteiger partial charge on any atom is -0.377 e. The zero-order valence-electron chi connectivity index (χ0n) is 7.82. The van der Waals surface area contributed by atoms with Crippen molar-refractivity contribution in [2.45, 2.75) is 26.4 Å². The summed E-state index contributed by atoms with van der Waals surface area (Å²) in [7, 11) is 1.72. The lowest BCUT2D eigenvalue weighted by Crippen LogP contribution is -2.36. The first kappa shape index (κ1) is 10.5. The Morgan fingerprint density at radius 1 is 1.45 bits per heavy atom. The molecule has 0 aliphatic carbocycles. The standard InChI is InChI=1S/C9H17NO/c1-5-6-7-10-8-9(2,3)11-4/h10H,7-8H2,1-4H3. The van der Waals surface area contributed by atoms with E-state index in [9.17, 15) is 0 Å². The van der Waals surface area contributed by atoms with Crippen molar-refractivity contribution in [2.75, 3.05) is 20.2 Å². The Hall–Kier alpha value is -0.520. The van der Waals surface area contributed by atoms with Gasteiger partial charge in [0.05, 0.1) is 12.1 Å². The molecular weight excluding hydrogens is 138 g/mol. The Kier molecular flexibility index (Phi) is 4.93. The maximum Gasteiger partial charge on any atom is 0.0746 e. The molecular formula is C9H17NO. The molecule has 0 atom stereocenters. The van der Waals surface area contributed by atoms with Crippen molar-refractivity contribution in [3.63, 3.8) is 0 Å². The zero-order valence-corrected chi connectivity index (χ0v) is 7.82. The molecule has 0 fully saturated rings. The summed E-state index contributed by atoms with van der Waals surface area (Å²) in [6.07, 6.45) is 0. The van der Waals surface area contributed by atoms with E-state index in [1.807, 2.05) is 20.8 Å². The highest BCUT2D eigenvalue weighted by molar-refractivity contribution is 4.97. The van der Waals surface area contributed by atoms with Crippen LogP contribution >= 0.6 is 0 Å². The number of methoxy groups -OCH3 is 1. The van der Waals surface area contributed by atoms with Crippen molar-refractivity contribution in [3.05, 3.63) is 0 Å². The quantitative estimate of drug-likeness (QED) is 0.483. The molecule has 2 nitrogen and oxygen atoms in total. The zero-order chi connectivity index (χ0) is 8.74. The van der Waals surface area contributed by atoms with Gasteiger partial charge < -0.3 is 10.1 Å². The van der Waals surface area contributed by atoms with E-state index >= 15 is 0 Å². The molecule has 0 unspecified atom stereocenters. The van der Waals surface area contributed by atoms with Crippen LogP contribution in [0.4, 0.5) is 0 Å². The Morgan fingerprint density at radius 3 is 2.55 bits per heavy atom. The fourth-order valence-electron chi connectivity index (χ4n) is 0.587. The van der Waals surface area contributed by atoms with Gasteiger partial charge in [-0.3, -0.25) is 0 Å². The highest BCUT2D eigenvalue weighted by Gasteiger charge is 2.14. The van der Waals surface area contributed by atoms with E-state index in [0.29, 0.717) is 0 Å². The lowest BCUT2D eigenvalue weighted by Gasteiger charge is -2.22. The average Bonchev–Trinajstić information content (AvgIpc) is 1.99. The van der Waals surface area contributed by atoms with Gasteiger partial charge in [-0.1, -0.05) is 5.92 Å². The second-order valence-corrected chi connectivity index (χ2v) is 2.99. The van der Waals surface area contributed by atoms with Crippen LogP contribution in [-0.2, 0) is 4.74 Å². The number of hydrogen-bond donors (Lipinski definition) is 1. The minimum absolute atomic E-state index is 0.0879. The normalized spacial score (nSPS) is 10.5. The van der Waals surface area contributed by atoms with E-state index in [0.717, 1.165) is 13.1 Å². The molecule has 0 aromatic heterocycles. The molecule has 1 N–H and O–H groups in total. The van der Waals surface area contributed by atoms with Crippen LogP contribution < -0.4 is 5.32 Å². The fourth-order valence-corrected chi connectivity index (χ4v) is 0.587. The molecule has 0 heterocycles. The Labute approximate surface area is 69.3 Å². The van der Waals surface area contributed by atoms with Gasteiger partial charge in [0.2, 0.25) is 0 Å². The van der Waals surface area contributed by atoms with Crippen molar-refractivity contribution in [1.29, 1.82) is 0 Å². The Morgan fingerprint density at radius 2 is 2.09 bits per heavy atom. The van der Waals surface area contributed by atoms with Crippen LogP contribution in [0.3, 0.4) is 0 Å². The average molecular weight is 155 g/mol. The van der Waals surface area contributed by atoms with Crippen molar-refractivity contribution in [3.8, 4) is 11.8 Å². The SMILES string of the molecule is CC#CCNCC(C)(C)OC. The van der Waals surface area contributed by atoms with Crippen molar-refractivity contribution in [1.82, 2.24) is 5.32 Å². The number of nitrogens with one attached hydrogen (secondary N) is 1. The monoisotopic (exact) mass is 155 g/mol. The van der Waals surface area contributed by atoms with Gasteiger partial charge in [0.1, 0.15) is 0 Å². The number of hydrogen-bond acceptors (Lipinski definition) is 2. The molecule has 0 aromatic carbocycles. The third-order valence-electron chi connectivity index (χ3n) is 1.49. The van der Waals surface area contributed by atoms with Crippen molar-refractivity contribution < 1.29 is 4.74 Å². The summed E-state index contributed by atoms with van der Waals surface area (Å²) in [5.41, 5.74) is -0.0879. The molecule has 0 saturated carbocycles. The number of ether oxygens (including phenoxy) is 1. The van der Waals surface area contributed by atoms with E-state index in [1.54, 1.807) is 7.11 Å². The van der Waals surface area contributed by atoms with Crippen LogP contribution in [0.1, 0.15) is 20.8 Å². The second-order valence-electron chi connectivity index (χ2n) is 2.99. The predicted molar refractivity (Wildman–Crippen MR) is 47.4 cm³/mol. The lowest BCUT2D eigenvalue weighted by molar-refractivity contribution is 0.0242. The van der Waals surface area contributed by atoms with Crippen LogP contribution in [0.5, 0.6) is 0 Å². The third-order valence-corrected chi connectivity index (χ3v) is 1.49. The Bertz CT molecular complexity index is 153. The van der Waals surface area contributed by atoms with Crippen LogP contribution in [0.25, 0.3) is 0 Å². The molecule has 0 radical (unpaired) electrons. The van der Waals surface area contributed by atoms with Gasteiger partial charge in [-0.2, -0.15) is 0 Å². The smallest absolute Gasteiger partial charge is 0.0746 e. The summed E-state index contributed by atoms with van der Waals surface area (Å²) in [6, 6.07) is 0. The third kappa shape index (κ3) is 5.90. The first-order chi connectivity index (χ1) is 5.12. The molecule has 0 aromatic rings. The summed E-state index contributed by atoms with van der Waals surface area (Å²) in [4.78, 5) is 0. The highest BCUT2D eigenvalue weighted by Crippen LogP contribution is 2.03. The molecule has 0 bridgehead atoms. The molecule has 0 aliphatic heterocycles.